The third kappa shape index (κ3) is 3.93. The smallest absolute Gasteiger partial charge is 0.275 e. The molecule has 0 aromatic carbocycles. The van der Waals surface area contributed by atoms with Gasteiger partial charge in [0.25, 0.3) is 5.88 Å². The van der Waals surface area contributed by atoms with Gasteiger partial charge in [0.15, 0.2) is 17.1 Å². The zero-order chi connectivity index (χ0) is 21.2. The third-order valence-corrected chi connectivity index (χ3v) is 5.30. The Hall–Kier alpha value is -3.53. The van der Waals surface area contributed by atoms with Gasteiger partial charge in [0.05, 0.1) is 12.8 Å². The van der Waals surface area contributed by atoms with Gasteiger partial charge < -0.3 is 19.3 Å². The van der Waals surface area contributed by atoms with Crippen LogP contribution in [0, 0.1) is 6.92 Å². The van der Waals surface area contributed by atoms with Crippen molar-refractivity contribution in [2.75, 3.05) is 20.2 Å². The van der Waals surface area contributed by atoms with Crippen molar-refractivity contribution in [1.29, 1.82) is 0 Å². The maximum Gasteiger partial charge on any atom is 0.275 e. The molecule has 1 atom stereocenters. The fourth-order valence-corrected chi connectivity index (χ4v) is 3.73. The molecule has 10 nitrogen and oxygen atoms in total. The molecule has 1 saturated heterocycles. The molecule has 0 aliphatic carbocycles. The number of nitrogens with zero attached hydrogens (tertiary/aromatic N) is 6. The summed E-state index contributed by atoms with van der Waals surface area (Å²) in [6, 6.07) is 9.55. The van der Waals surface area contributed by atoms with Crippen LogP contribution in [0.4, 0.5) is 0 Å². The lowest BCUT2D eigenvalue weighted by atomic mass is 9.95. The molecule has 1 N–H and O–H groups in total. The van der Waals surface area contributed by atoms with Gasteiger partial charge in [0, 0.05) is 30.3 Å². The van der Waals surface area contributed by atoms with Gasteiger partial charge >= 0.3 is 0 Å². The Labute approximate surface area is 178 Å². The number of rotatable bonds is 6. The standard InChI is InChI=1S/C21H23N7O3/c1-13-9-17(27-31-13)20-25-24-19-10-18(29-2)21(26-28(19)20)30-12-15-6-3-7-16(23-15)14-5-4-8-22-11-14/h3,6-7,9-10,14,22H,4-5,8,11-12H2,1-2H3. The van der Waals surface area contributed by atoms with Crippen LogP contribution in [0.25, 0.3) is 17.2 Å². The first-order valence-corrected chi connectivity index (χ1v) is 10.2. The molecular weight excluding hydrogens is 398 g/mol. The minimum absolute atomic E-state index is 0.267. The van der Waals surface area contributed by atoms with Crippen molar-refractivity contribution in [2.45, 2.75) is 32.3 Å². The fourth-order valence-electron chi connectivity index (χ4n) is 3.73. The number of hydrogen-bond acceptors (Lipinski definition) is 9. The van der Waals surface area contributed by atoms with Crippen molar-refractivity contribution >= 4 is 5.65 Å². The molecule has 0 amide bonds. The summed E-state index contributed by atoms with van der Waals surface area (Å²) in [6.45, 7) is 4.12. The van der Waals surface area contributed by atoms with Crippen LogP contribution >= 0.6 is 0 Å². The first-order chi connectivity index (χ1) is 15.2. The number of ether oxygens (including phenoxy) is 2. The van der Waals surface area contributed by atoms with E-state index in [0.29, 0.717) is 40.5 Å². The van der Waals surface area contributed by atoms with Crippen LogP contribution in [0.5, 0.6) is 11.6 Å². The van der Waals surface area contributed by atoms with Gasteiger partial charge in [-0.25, -0.2) is 0 Å². The Bertz CT molecular complexity index is 1200. The molecule has 1 unspecified atom stereocenters. The molecule has 0 spiro atoms. The van der Waals surface area contributed by atoms with E-state index in [9.17, 15) is 0 Å². The predicted molar refractivity (Wildman–Crippen MR) is 111 cm³/mol. The minimum Gasteiger partial charge on any atom is -0.491 e. The average Bonchev–Trinajstić information content (AvgIpc) is 3.43. The summed E-state index contributed by atoms with van der Waals surface area (Å²) in [5, 5.41) is 20.3. The second-order valence-corrected chi connectivity index (χ2v) is 7.52. The van der Waals surface area contributed by atoms with E-state index in [-0.39, 0.29) is 6.61 Å². The minimum atomic E-state index is 0.267. The zero-order valence-corrected chi connectivity index (χ0v) is 17.4. The zero-order valence-electron chi connectivity index (χ0n) is 17.4. The molecule has 0 saturated carbocycles. The molecule has 1 aliphatic heterocycles. The van der Waals surface area contributed by atoms with Crippen molar-refractivity contribution < 1.29 is 14.0 Å². The number of hydrogen-bond donors (Lipinski definition) is 1. The lowest BCUT2D eigenvalue weighted by Gasteiger charge is -2.22. The quantitative estimate of drug-likeness (QED) is 0.502. The topological polar surface area (TPSA) is 112 Å². The second-order valence-electron chi connectivity index (χ2n) is 7.52. The van der Waals surface area contributed by atoms with Crippen molar-refractivity contribution in [3.63, 3.8) is 0 Å². The number of aryl methyl sites for hydroxylation is 1. The van der Waals surface area contributed by atoms with Gasteiger partial charge in [-0.3, -0.25) is 4.98 Å². The van der Waals surface area contributed by atoms with E-state index >= 15 is 0 Å². The highest BCUT2D eigenvalue weighted by Gasteiger charge is 2.19. The average molecular weight is 421 g/mol. The van der Waals surface area contributed by atoms with Crippen LogP contribution in [-0.2, 0) is 6.61 Å². The Balaban J connectivity index is 1.41. The lowest BCUT2D eigenvalue weighted by Crippen LogP contribution is -2.29. The number of fused-ring (bicyclic) bond motifs is 1. The van der Waals surface area contributed by atoms with Crippen LogP contribution in [0.1, 0.15) is 35.9 Å². The highest BCUT2D eigenvalue weighted by molar-refractivity contribution is 5.56. The highest BCUT2D eigenvalue weighted by Crippen LogP contribution is 2.28. The molecule has 5 rings (SSSR count). The van der Waals surface area contributed by atoms with Crippen molar-refractivity contribution in [1.82, 2.24) is 35.3 Å². The summed E-state index contributed by atoms with van der Waals surface area (Å²) >= 11 is 0. The van der Waals surface area contributed by atoms with Gasteiger partial charge in [-0.05, 0) is 38.4 Å². The molecule has 31 heavy (non-hydrogen) atoms. The van der Waals surface area contributed by atoms with E-state index < -0.39 is 0 Å². The van der Waals surface area contributed by atoms with Crippen LogP contribution in [0.15, 0.2) is 34.9 Å². The van der Waals surface area contributed by atoms with E-state index in [4.69, 9.17) is 19.0 Å². The largest absolute Gasteiger partial charge is 0.491 e. The first kappa shape index (κ1) is 19.4. The molecule has 5 heterocycles. The van der Waals surface area contributed by atoms with E-state index in [2.05, 4.69) is 31.8 Å². The Kier molecular flexibility index (Phi) is 5.21. The molecule has 0 bridgehead atoms. The summed E-state index contributed by atoms with van der Waals surface area (Å²) in [5.74, 6) is 2.36. The first-order valence-electron chi connectivity index (χ1n) is 10.2. The summed E-state index contributed by atoms with van der Waals surface area (Å²) in [4.78, 5) is 4.80. The summed E-state index contributed by atoms with van der Waals surface area (Å²) in [5.41, 5.74) is 2.99. The molecule has 1 aliphatic rings. The molecule has 4 aromatic heterocycles. The SMILES string of the molecule is COc1cc2nnc(-c3cc(C)on3)n2nc1OCc1cccc(C2CCCNC2)n1. The van der Waals surface area contributed by atoms with Crippen LogP contribution < -0.4 is 14.8 Å². The predicted octanol–water partition coefficient (Wildman–Crippen LogP) is 2.54. The summed E-state index contributed by atoms with van der Waals surface area (Å²) < 4.78 is 18.2. The van der Waals surface area contributed by atoms with Crippen molar-refractivity contribution in [2.24, 2.45) is 0 Å². The number of nitrogens with one attached hydrogen (secondary N) is 1. The third-order valence-electron chi connectivity index (χ3n) is 5.30. The van der Waals surface area contributed by atoms with Gasteiger partial charge in [-0.15, -0.1) is 15.3 Å². The monoisotopic (exact) mass is 421 g/mol. The van der Waals surface area contributed by atoms with Crippen LogP contribution in [0.2, 0.25) is 0 Å². The number of piperidine rings is 1. The molecule has 10 heteroatoms. The summed E-state index contributed by atoms with van der Waals surface area (Å²) in [7, 11) is 1.56. The van der Waals surface area contributed by atoms with Gasteiger partial charge in [0.2, 0.25) is 5.82 Å². The normalized spacial score (nSPS) is 16.5. The highest BCUT2D eigenvalue weighted by atomic mass is 16.5. The van der Waals surface area contributed by atoms with E-state index in [1.165, 1.54) is 6.42 Å². The molecule has 160 valence electrons. The van der Waals surface area contributed by atoms with Crippen LogP contribution in [-0.4, -0.2) is 50.2 Å². The molecule has 4 aromatic rings. The lowest BCUT2D eigenvalue weighted by molar-refractivity contribution is 0.264. The van der Waals surface area contributed by atoms with Crippen molar-refractivity contribution in [3.8, 4) is 23.1 Å². The van der Waals surface area contributed by atoms with Crippen molar-refractivity contribution in [3.05, 3.63) is 47.5 Å². The fraction of sp³-hybridized carbons (Fsp3) is 0.381. The maximum atomic E-state index is 6.00. The Morgan fingerprint density at radius 3 is 2.97 bits per heavy atom. The van der Waals surface area contributed by atoms with Gasteiger partial charge in [-0.1, -0.05) is 11.2 Å². The Morgan fingerprint density at radius 1 is 1.26 bits per heavy atom. The van der Waals surface area contributed by atoms with E-state index in [1.807, 2.05) is 19.1 Å². The van der Waals surface area contributed by atoms with Gasteiger partial charge in [0.1, 0.15) is 12.4 Å². The maximum absolute atomic E-state index is 6.00. The number of methoxy groups -OCH3 is 1. The number of pyridine rings is 1. The summed E-state index contributed by atoms with van der Waals surface area (Å²) in [6.07, 6.45) is 2.31. The Morgan fingerprint density at radius 2 is 2.19 bits per heavy atom. The van der Waals surface area contributed by atoms with Crippen LogP contribution in [0.3, 0.4) is 0 Å². The van der Waals surface area contributed by atoms with Gasteiger partial charge in [-0.2, -0.15) is 4.52 Å². The van der Waals surface area contributed by atoms with E-state index in [0.717, 1.165) is 30.9 Å². The molecule has 0 radical (unpaired) electrons. The second kappa shape index (κ2) is 8.31. The molecule has 1 fully saturated rings. The van der Waals surface area contributed by atoms with E-state index in [1.54, 1.807) is 23.8 Å². The number of aromatic nitrogens is 6. The molecular formula is C21H23N7O3.